The molecule has 0 heterocycles. The fourth-order valence-electron chi connectivity index (χ4n) is 1.21. The second kappa shape index (κ2) is 5.00. The molecule has 82 valence electrons. The Morgan fingerprint density at radius 1 is 1.27 bits per heavy atom. The van der Waals surface area contributed by atoms with Crippen molar-refractivity contribution in [2.75, 3.05) is 26.2 Å². The van der Waals surface area contributed by atoms with Gasteiger partial charge in [0.15, 0.2) is 0 Å². The van der Waals surface area contributed by atoms with Crippen molar-refractivity contribution in [2.24, 2.45) is 0 Å². The Kier molecular flexibility index (Phi) is 3.94. The number of rotatable bonds is 3. The van der Waals surface area contributed by atoms with Crippen LogP contribution in [0.4, 0.5) is 10.5 Å². The van der Waals surface area contributed by atoms with Crippen molar-refractivity contribution < 1.29 is 9.53 Å². The molecular formula is C10H13ClN2O2. The number of ether oxygens (including phenoxy) is 1. The Labute approximate surface area is 94.0 Å². The number of nitrogens with zero attached hydrogens (tertiary/aromatic N) is 2. The van der Waals surface area contributed by atoms with Crippen LogP contribution in [0.1, 0.15) is 0 Å². The first-order chi connectivity index (χ1) is 7.06. The lowest BCUT2D eigenvalue weighted by Gasteiger charge is -2.26. The minimum Gasteiger partial charge on any atom is -0.497 e. The van der Waals surface area contributed by atoms with Crippen molar-refractivity contribution in [2.45, 2.75) is 0 Å². The maximum Gasteiger partial charge on any atom is 0.335 e. The highest BCUT2D eigenvalue weighted by atomic mass is 35.5. The van der Waals surface area contributed by atoms with Gasteiger partial charge in [0.25, 0.3) is 0 Å². The highest BCUT2D eigenvalue weighted by Crippen LogP contribution is 2.20. The number of methoxy groups -OCH3 is 1. The van der Waals surface area contributed by atoms with E-state index in [0.717, 1.165) is 5.75 Å². The highest BCUT2D eigenvalue weighted by Gasteiger charge is 2.15. The van der Waals surface area contributed by atoms with E-state index in [4.69, 9.17) is 16.3 Å². The van der Waals surface area contributed by atoms with Crippen molar-refractivity contribution in [1.82, 2.24) is 5.01 Å². The number of benzene rings is 1. The summed E-state index contributed by atoms with van der Waals surface area (Å²) in [6.45, 7) is 0. The molecule has 1 aromatic carbocycles. The molecule has 0 atom stereocenters. The van der Waals surface area contributed by atoms with Crippen LogP contribution in [-0.4, -0.2) is 31.6 Å². The average Bonchev–Trinajstić information content (AvgIpc) is 2.18. The quantitative estimate of drug-likeness (QED) is 0.452. The largest absolute Gasteiger partial charge is 0.497 e. The van der Waals surface area contributed by atoms with Crippen LogP contribution in [0.15, 0.2) is 24.3 Å². The predicted molar refractivity (Wildman–Crippen MR) is 60.4 cm³/mol. The topological polar surface area (TPSA) is 32.8 Å². The smallest absolute Gasteiger partial charge is 0.335 e. The van der Waals surface area contributed by atoms with E-state index in [1.807, 2.05) is 0 Å². The number of hydrazine groups is 1. The van der Waals surface area contributed by atoms with Crippen LogP contribution in [-0.2, 0) is 0 Å². The number of hydrogen-bond acceptors (Lipinski definition) is 3. The van der Waals surface area contributed by atoms with Gasteiger partial charge in [-0.05, 0) is 35.9 Å². The molecule has 0 bridgehead atoms. The lowest BCUT2D eigenvalue weighted by molar-refractivity contribution is 0.250. The summed E-state index contributed by atoms with van der Waals surface area (Å²) in [4.78, 5) is 11.2. The van der Waals surface area contributed by atoms with Gasteiger partial charge in [-0.1, -0.05) is 0 Å². The third kappa shape index (κ3) is 2.84. The first-order valence-electron chi connectivity index (χ1n) is 4.37. The second-order valence-corrected chi connectivity index (χ2v) is 3.43. The van der Waals surface area contributed by atoms with Crippen LogP contribution >= 0.6 is 11.6 Å². The van der Waals surface area contributed by atoms with Gasteiger partial charge in [0.1, 0.15) is 5.75 Å². The predicted octanol–water partition coefficient (Wildman–Crippen LogP) is 2.34. The number of amides is 1. The Balaban J connectivity index is 2.97. The summed E-state index contributed by atoms with van der Waals surface area (Å²) >= 11 is 5.46. The summed E-state index contributed by atoms with van der Waals surface area (Å²) in [5.41, 5.74) is 0.695. The summed E-state index contributed by atoms with van der Waals surface area (Å²) < 4.78 is 5.02. The number of carbonyl (C=O) groups excluding carboxylic acids is 1. The van der Waals surface area contributed by atoms with Gasteiger partial charge in [0.2, 0.25) is 0 Å². The van der Waals surface area contributed by atoms with E-state index in [1.165, 1.54) is 5.01 Å². The van der Waals surface area contributed by atoms with Crippen molar-refractivity contribution in [3.63, 3.8) is 0 Å². The molecule has 0 radical (unpaired) electrons. The lowest BCUT2D eigenvalue weighted by Crippen LogP contribution is -2.38. The van der Waals surface area contributed by atoms with E-state index in [9.17, 15) is 4.79 Å². The number of anilines is 1. The van der Waals surface area contributed by atoms with E-state index >= 15 is 0 Å². The molecule has 4 nitrogen and oxygen atoms in total. The van der Waals surface area contributed by atoms with Gasteiger partial charge < -0.3 is 4.74 Å². The Morgan fingerprint density at radius 3 is 2.13 bits per heavy atom. The van der Waals surface area contributed by atoms with E-state index in [-0.39, 0.29) is 0 Å². The van der Waals surface area contributed by atoms with Crippen molar-refractivity contribution in [3.05, 3.63) is 24.3 Å². The molecule has 1 aromatic rings. The molecule has 1 amide bonds. The van der Waals surface area contributed by atoms with Gasteiger partial charge in [-0.2, -0.15) is 0 Å². The van der Waals surface area contributed by atoms with Gasteiger partial charge in [0.05, 0.1) is 12.8 Å². The highest BCUT2D eigenvalue weighted by molar-refractivity contribution is 6.66. The zero-order chi connectivity index (χ0) is 11.4. The zero-order valence-corrected chi connectivity index (χ0v) is 9.65. The van der Waals surface area contributed by atoms with Gasteiger partial charge in [0, 0.05) is 14.1 Å². The number of halogens is 1. The average molecular weight is 229 g/mol. The molecular weight excluding hydrogens is 216 g/mol. The van der Waals surface area contributed by atoms with Crippen LogP contribution in [0.5, 0.6) is 5.75 Å². The molecule has 0 aliphatic heterocycles. The molecule has 1 rings (SSSR count). The summed E-state index contributed by atoms with van der Waals surface area (Å²) in [6, 6.07) is 7.07. The minimum atomic E-state index is -0.551. The van der Waals surface area contributed by atoms with Crippen LogP contribution < -0.4 is 9.75 Å². The van der Waals surface area contributed by atoms with Crippen LogP contribution in [0.2, 0.25) is 0 Å². The maximum atomic E-state index is 11.2. The van der Waals surface area contributed by atoms with Gasteiger partial charge in [-0.3, -0.25) is 4.79 Å². The first-order valence-corrected chi connectivity index (χ1v) is 4.75. The van der Waals surface area contributed by atoms with E-state index in [1.54, 1.807) is 50.5 Å². The van der Waals surface area contributed by atoms with E-state index in [2.05, 4.69) is 0 Å². The molecule has 0 aliphatic carbocycles. The molecule has 5 heteroatoms. The molecule has 0 unspecified atom stereocenters. The lowest BCUT2D eigenvalue weighted by atomic mass is 10.3. The summed E-state index contributed by atoms with van der Waals surface area (Å²) in [7, 11) is 5.07. The molecule has 0 aliphatic rings. The van der Waals surface area contributed by atoms with Crippen LogP contribution in [0, 0.1) is 0 Å². The van der Waals surface area contributed by atoms with Gasteiger partial charge in [-0.25, -0.2) is 10.0 Å². The molecule has 0 N–H and O–H groups in total. The third-order valence-corrected chi connectivity index (χ3v) is 2.04. The van der Waals surface area contributed by atoms with Gasteiger partial charge in [-0.15, -0.1) is 0 Å². The summed E-state index contributed by atoms with van der Waals surface area (Å²) in [5, 5.41) is 2.41. The van der Waals surface area contributed by atoms with Crippen molar-refractivity contribution in [1.29, 1.82) is 0 Å². The third-order valence-electron chi connectivity index (χ3n) is 1.88. The standard InChI is InChI=1S/C10H13ClN2O2/c1-12(2)13(10(11)14)8-4-6-9(15-3)7-5-8/h4-7H,1-3H3. The first kappa shape index (κ1) is 11.8. The number of hydrogen-bond donors (Lipinski definition) is 0. The SMILES string of the molecule is COc1ccc(N(C(=O)Cl)N(C)C)cc1. The molecule has 0 spiro atoms. The van der Waals surface area contributed by atoms with Crippen LogP contribution in [0.3, 0.4) is 0 Å². The minimum absolute atomic E-state index is 0.551. The van der Waals surface area contributed by atoms with E-state index in [0.29, 0.717) is 5.69 Å². The molecule has 15 heavy (non-hydrogen) atoms. The Morgan fingerprint density at radius 2 is 1.80 bits per heavy atom. The molecule has 0 saturated carbocycles. The van der Waals surface area contributed by atoms with Gasteiger partial charge >= 0.3 is 5.37 Å². The Bertz CT molecular complexity index is 338. The maximum absolute atomic E-state index is 11.2. The summed E-state index contributed by atoms with van der Waals surface area (Å²) in [6.07, 6.45) is 0. The second-order valence-electron chi connectivity index (χ2n) is 3.11. The fourth-order valence-corrected chi connectivity index (χ4v) is 1.46. The van der Waals surface area contributed by atoms with E-state index < -0.39 is 5.37 Å². The zero-order valence-electron chi connectivity index (χ0n) is 8.90. The van der Waals surface area contributed by atoms with Crippen LogP contribution in [0.25, 0.3) is 0 Å². The monoisotopic (exact) mass is 228 g/mol. The van der Waals surface area contributed by atoms with Crippen molar-refractivity contribution in [3.8, 4) is 5.75 Å². The summed E-state index contributed by atoms with van der Waals surface area (Å²) in [5.74, 6) is 0.736. The Hall–Kier alpha value is -1.26. The normalized spacial score (nSPS) is 10.2. The molecule has 0 saturated heterocycles. The number of carbonyl (C=O) groups is 1. The van der Waals surface area contributed by atoms with Crippen molar-refractivity contribution >= 4 is 22.7 Å². The fraction of sp³-hybridized carbons (Fsp3) is 0.300. The molecule has 0 fully saturated rings. The molecule has 0 aromatic heterocycles.